The summed E-state index contributed by atoms with van der Waals surface area (Å²) < 4.78 is 5.72. The second-order valence-corrected chi connectivity index (χ2v) is 4.60. The highest BCUT2D eigenvalue weighted by atomic mass is 16.5. The number of aryl methyl sites for hydroxylation is 1. The van der Waals surface area contributed by atoms with E-state index in [-0.39, 0.29) is 0 Å². The van der Waals surface area contributed by atoms with E-state index in [1.54, 1.807) is 30.5 Å². The van der Waals surface area contributed by atoms with Crippen LogP contribution < -0.4 is 15.8 Å². The van der Waals surface area contributed by atoms with E-state index in [9.17, 15) is 4.79 Å². The van der Waals surface area contributed by atoms with Gasteiger partial charge in [-0.05, 0) is 37.6 Å². The summed E-state index contributed by atoms with van der Waals surface area (Å²) in [6, 6.07) is 6.59. The van der Waals surface area contributed by atoms with E-state index < -0.39 is 5.91 Å². The zero-order valence-corrected chi connectivity index (χ0v) is 12.1. The number of nitrogens with zero attached hydrogens (tertiary/aromatic N) is 2. The van der Waals surface area contributed by atoms with Gasteiger partial charge in [0, 0.05) is 23.9 Å². The average molecular weight is 286 g/mol. The number of amides is 1. The summed E-state index contributed by atoms with van der Waals surface area (Å²) in [6.45, 7) is 4.74. The van der Waals surface area contributed by atoms with E-state index in [2.05, 4.69) is 22.2 Å². The molecular weight excluding hydrogens is 268 g/mol. The molecule has 1 aromatic carbocycles. The van der Waals surface area contributed by atoms with Crippen LogP contribution in [0.3, 0.4) is 0 Å². The van der Waals surface area contributed by atoms with Crippen LogP contribution in [-0.4, -0.2) is 22.4 Å². The van der Waals surface area contributed by atoms with Gasteiger partial charge in [0.25, 0.3) is 0 Å². The maximum atomic E-state index is 11.0. The van der Waals surface area contributed by atoms with Crippen molar-refractivity contribution in [3.8, 4) is 11.6 Å². The maximum absolute atomic E-state index is 11.0. The standard InChI is InChI=1S/C15H18N4O2/c1-3-8-17-15-18-9-10(2)14(19-15)21-12-6-4-11(5-7-12)13(16)20/h4-7,9H,3,8H2,1-2H3,(H2,16,20)(H,17,18,19). The number of carbonyl (C=O) groups excluding carboxylic acids is 1. The summed E-state index contributed by atoms with van der Waals surface area (Å²) in [6.07, 6.45) is 2.69. The highest BCUT2D eigenvalue weighted by Gasteiger charge is 2.07. The Morgan fingerprint density at radius 2 is 2.05 bits per heavy atom. The Balaban J connectivity index is 2.16. The Bertz CT molecular complexity index is 626. The largest absolute Gasteiger partial charge is 0.439 e. The number of aromatic nitrogens is 2. The second-order valence-electron chi connectivity index (χ2n) is 4.60. The quantitative estimate of drug-likeness (QED) is 0.851. The Hall–Kier alpha value is -2.63. The van der Waals surface area contributed by atoms with Crippen LogP contribution in [0.4, 0.5) is 5.95 Å². The average Bonchev–Trinajstić information content (AvgIpc) is 2.48. The molecule has 0 aliphatic rings. The number of nitrogens with two attached hydrogens (primary N) is 1. The minimum Gasteiger partial charge on any atom is -0.439 e. The second kappa shape index (κ2) is 6.69. The van der Waals surface area contributed by atoms with Crippen molar-refractivity contribution in [2.75, 3.05) is 11.9 Å². The third-order valence-corrected chi connectivity index (χ3v) is 2.81. The molecular formula is C15H18N4O2. The van der Waals surface area contributed by atoms with Crippen LogP contribution in [0.25, 0.3) is 0 Å². The molecule has 1 amide bonds. The van der Waals surface area contributed by atoms with Gasteiger partial charge in [-0.25, -0.2) is 4.98 Å². The van der Waals surface area contributed by atoms with Crippen molar-refractivity contribution in [3.05, 3.63) is 41.6 Å². The number of hydrogen-bond donors (Lipinski definition) is 2. The van der Waals surface area contributed by atoms with Crippen molar-refractivity contribution in [2.45, 2.75) is 20.3 Å². The number of nitrogens with one attached hydrogen (secondary N) is 1. The van der Waals surface area contributed by atoms with Crippen LogP contribution >= 0.6 is 0 Å². The summed E-state index contributed by atoms with van der Waals surface area (Å²) in [5, 5.41) is 3.11. The third kappa shape index (κ3) is 3.92. The van der Waals surface area contributed by atoms with Gasteiger partial charge in [0.15, 0.2) is 0 Å². The predicted octanol–water partition coefficient (Wildman–Crippen LogP) is 2.50. The summed E-state index contributed by atoms with van der Waals surface area (Å²) in [4.78, 5) is 19.5. The molecule has 2 aromatic rings. The minimum atomic E-state index is -0.467. The van der Waals surface area contributed by atoms with Crippen LogP contribution in [0.5, 0.6) is 11.6 Å². The molecule has 21 heavy (non-hydrogen) atoms. The number of ether oxygens (including phenoxy) is 1. The SMILES string of the molecule is CCCNc1ncc(C)c(Oc2ccc(C(N)=O)cc2)n1. The molecule has 6 heteroatoms. The van der Waals surface area contributed by atoms with Crippen LogP contribution in [0.2, 0.25) is 0 Å². The fraction of sp³-hybridized carbons (Fsp3) is 0.267. The number of carbonyl (C=O) groups is 1. The zero-order valence-electron chi connectivity index (χ0n) is 12.1. The van der Waals surface area contributed by atoms with Gasteiger partial charge in [-0.15, -0.1) is 0 Å². The molecule has 0 spiro atoms. The first-order valence-corrected chi connectivity index (χ1v) is 6.75. The van der Waals surface area contributed by atoms with E-state index in [1.165, 1.54) is 0 Å². The Kier molecular flexibility index (Phi) is 4.71. The number of hydrogen-bond acceptors (Lipinski definition) is 5. The topological polar surface area (TPSA) is 90.1 Å². The number of benzene rings is 1. The van der Waals surface area contributed by atoms with E-state index in [4.69, 9.17) is 10.5 Å². The van der Waals surface area contributed by atoms with E-state index >= 15 is 0 Å². The Labute approximate surface area is 123 Å². The molecule has 3 N–H and O–H groups in total. The lowest BCUT2D eigenvalue weighted by Crippen LogP contribution is -2.10. The molecule has 0 bridgehead atoms. The normalized spacial score (nSPS) is 10.2. The molecule has 6 nitrogen and oxygen atoms in total. The highest BCUT2D eigenvalue weighted by Crippen LogP contribution is 2.23. The van der Waals surface area contributed by atoms with E-state index in [0.29, 0.717) is 23.1 Å². The fourth-order valence-corrected chi connectivity index (χ4v) is 1.65. The molecule has 1 heterocycles. The monoisotopic (exact) mass is 286 g/mol. The molecule has 0 aliphatic carbocycles. The first-order chi connectivity index (χ1) is 10.1. The zero-order chi connectivity index (χ0) is 15.2. The van der Waals surface area contributed by atoms with Crippen molar-refractivity contribution in [1.29, 1.82) is 0 Å². The first-order valence-electron chi connectivity index (χ1n) is 6.75. The first kappa shape index (κ1) is 14.8. The van der Waals surface area contributed by atoms with Crippen molar-refractivity contribution >= 4 is 11.9 Å². The summed E-state index contributed by atoms with van der Waals surface area (Å²) in [7, 11) is 0. The minimum absolute atomic E-state index is 0.437. The van der Waals surface area contributed by atoms with Crippen molar-refractivity contribution in [2.24, 2.45) is 5.73 Å². The fourth-order valence-electron chi connectivity index (χ4n) is 1.65. The lowest BCUT2D eigenvalue weighted by atomic mass is 10.2. The van der Waals surface area contributed by atoms with Gasteiger partial charge in [0.1, 0.15) is 5.75 Å². The van der Waals surface area contributed by atoms with Gasteiger partial charge in [-0.3, -0.25) is 4.79 Å². The lowest BCUT2D eigenvalue weighted by Gasteiger charge is -2.10. The molecule has 0 aliphatic heterocycles. The van der Waals surface area contributed by atoms with Crippen LogP contribution in [-0.2, 0) is 0 Å². The molecule has 0 saturated heterocycles. The molecule has 0 radical (unpaired) electrons. The molecule has 1 aromatic heterocycles. The summed E-state index contributed by atoms with van der Waals surface area (Å²) in [5.41, 5.74) is 6.46. The highest BCUT2D eigenvalue weighted by molar-refractivity contribution is 5.92. The van der Waals surface area contributed by atoms with Crippen LogP contribution in [0, 0.1) is 6.92 Å². The van der Waals surface area contributed by atoms with Gasteiger partial charge >= 0.3 is 0 Å². The lowest BCUT2D eigenvalue weighted by molar-refractivity contribution is 0.100. The number of rotatable bonds is 6. The Morgan fingerprint density at radius 1 is 1.33 bits per heavy atom. The molecule has 0 fully saturated rings. The van der Waals surface area contributed by atoms with Crippen LogP contribution in [0.1, 0.15) is 29.3 Å². The molecule has 110 valence electrons. The van der Waals surface area contributed by atoms with Crippen LogP contribution in [0.15, 0.2) is 30.5 Å². The van der Waals surface area contributed by atoms with Gasteiger partial charge in [-0.1, -0.05) is 6.92 Å². The summed E-state index contributed by atoms with van der Waals surface area (Å²) in [5.74, 6) is 1.13. The van der Waals surface area contributed by atoms with Crippen molar-refractivity contribution < 1.29 is 9.53 Å². The number of primary amides is 1. The van der Waals surface area contributed by atoms with Gasteiger partial charge in [-0.2, -0.15) is 4.98 Å². The Morgan fingerprint density at radius 3 is 2.67 bits per heavy atom. The molecule has 0 saturated carbocycles. The van der Waals surface area contributed by atoms with Crippen molar-refractivity contribution in [1.82, 2.24) is 9.97 Å². The maximum Gasteiger partial charge on any atom is 0.248 e. The van der Waals surface area contributed by atoms with Gasteiger partial charge < -0.3 is 15.8 Å². The van der Waals surface area contributed by atoms with Crippen molar-refractivity contribution in [3.63, 3.8) is 0 Å². The van der Waals surface area contributed by atoms with E-state index in [0.717, 1.165) is 18.5 Å². The third-order valence-electron chi connectivity index (χ3n) is 2.81. The molecule has 0 atom stereocenters. The molecule has 0 unspecified atom stereocenters. The smallest absolute Gasteiger partial charge is 0.248 e. The predicted molar refractivity (Wildman–Crippen MR) is 80.6 cm³/mol. The van der Waals surface area contributed by atoms with Gasteiger partial charge in [0.05, 0.1) is 0 Å². The molecule has 2 rings (SSSR count). The summed E-state index contributed by atoms with van der Waals surface area (Å²) >= 11 is 0. The van der Waals surface area contributed by atoms with Gasteiger partial charge in [0.2, 0.25) is 17.7 Å². The number of anilines is 1. The van der Waals surface area contributed by atoms with E-state index in [1.807, 2.05) is 6.92 Å².